The molecule has 0 radical (unpaired) electrons. The zero-order chi connectivity index (χ0) is 15.4. The average Bonchev–Trinajstić information content (AvgIpc) is 3.36. The lowest BCUT2D eigenvalue weighted by atomic mass is 10.1. The van der Waals surface area contributed by atoms with Gasteiger partial charge in [0, 0.05) is 13.1 Å². The minimum atomic E-state index is -0.161. The summed E-state index contributed by atoms with van der Waals surface area (Å²) in [5.74, 6) is 0.550. The summed E-state index contributed by atoms with van der Waals surface area (Å²) in [5, 5.41) is 0. The van der Waals surface area contributed by atoms with E-state index in [1.807, 2.05) is 32.0 Å². The summed E-state index contributed by atoms with van der Waals surface area (Å²) in [6.45, 7) is 6.05. The Hall–Kier alpha value is -1.39. The number of esters is 1. The molecule has 4 rings (SSSR count). The van der Waals surface area contributed by atoms with Crippen LogP contribution in [0.4, 0.5) is 0 Å². The van der Waals surface area contributed by atoms with Gasteiger partial charge in [-0.3, -0.25) is 9.69 Å². The second kappa shape index (κ2) is 4.80. The maximum atomic E-state index is 12.3. The van der Waals surface area contributed by atoms with Crippen LogP contribution in [0.5, 0.6) is 5.75 Å². The Labute approximate surface area is 131 Å². The summed E-state index contributed by atoms with van der Waals surface area (Å²) in [6, 6.07) is 5.93. The highest BCUT2D eigenvalue weighted by atomic mass is 16.5. The lowest BCUT2D eigenvalue weighted by molar-refractivity contribution is -0.144. The molecule has 22 heavy (non-hydrogen) atoms. The zero-order valence-electron chi connectivity index (χ0n) is 13.4. The largest absolute Gasteiger partial charge is 0.425 e. The van der Waals surface area contributed by atoms with Crippen LogP contribution in [0.3, 0.4) is 0 Å². The van der Waals surface area contributed by atoms with Crippen molar-refractivity contribution in [2.24, 2.45) is 0 Å². The number of morpholine rings is 1. The molecule has 2 spiro atoms. The fraction of sp³-hybridized carbons (Fsp3) is 0.611. The second-order valence-electron chi connectivity index (χ2n) is 7.31. The molecule has 3 aliphatic rings. The molecule has 4 heteroatoms. The summed E-state index contributed by atoms with van der Waals surface area (Å²) in [5.41, 5.74) is 2.11. The second-order valence-corrected chi connectivity index (χ2v) is 7.31. The van der Waals surface area contributed by atoms with Crippen molar-refractivity contribution >= 4 is 5.97 Å². The van der Waals surface area contributed by atoms with Gasteiger partial charge in [-0.15, -0.1) is 0 Å². The van der Waals surface area contributed by atoms with Gasteiger partial charge in [0.15, 0.2) is 0 Å². The summed E-state index contributed by atoms with van der Waals surface area (Å²) in [7, 11) is 0. The number of ether oxygens (including phenoxy) is 2. The van der Waals surface area contributed by atoms with Crippen molar-refractivity contribution < 1.29 is 14.3 Å². The molecule has 118 valence electrons. The number of aryl methyl sites for hydroxylation is 2. The maximum absolute atomic E-state index is 12.3. The van der Waals surface area contributed by atoms with Gasteiger partial charge in [-0.05, 0) is 50.7 Å². The first-order valence-corrected chi connectivity index (χ1v) is 8.19. The van der Waals surface area contributed by atoms with E-state index in [1.54, 1.807) is 0 Å². The SMILES string of the molecule is Cc1cccc(C)c1OC(=O)CN1CC2(CC2)OC2(CC2)C1. The Kier molecular flexibility index (Phi) is 3.10. The lowest BCUT2D eigenvalue weighted by Gasteiger charge is -2.38. The molecular formula is C18H23NO3. The van der Waals surface area contributed by atoms with Crippen molar-refractivity contribution in [3.63, 3.8) is 0 Å². The molecule has 2 saturated carbocycles. The molecule has 4 nitrogen and oxygen atoms in total. The summed E-state index contributed by atoms with van der Waals surface area (Å²) in [4.78, 5) is 14.6. The molecule has 3 fully saturated rings. The Bertz CT molecular complexity index is 577. The normalized spacial score (nSPS) is 24.5. The first-order chi connectivity index (χ1) is 10.5. The Balaban J connectivity index is 1.42. The van der Waals surface area contributed by atoms with Gasteiger partial charge < -0.3 is 9.47 Å². The highest BCUT2D eigenvalue weighted by molar-refractivity contribution is 5.75. The third-order valence-electron chi connectivity index (χ3n) is 5.05. The van der Waals surface area contributed by atoms with Crippen LogP contribution in [0.2, 0.25) is 0 Å². The molecule has 1 saturated heterocycles. The van der Waals surface area contributed by atoms with Crippen LogP contribution in [0, 0.1) is 13.8 Å². The first kappa shape index (κ1) is 14.2. The smallest absolute Gasteiger partial charge is 0.325 e. The van der Waals surface area contributed by atoms with Gasteiger partial charge in [0.05, 0.1) is 17.7 Å². The Morgan fingerprint density at radius 3 is 2.18 bits per heavy atom. The fourth-order valence-electron chi connectivity index (χ4n) is 3.59. The number of nitrogens with zero attached hydrogens (tertiary/aromatic N) is 1. The fourth-order valence-corrected chi connectivity index (χ4v) is 3.59. The van der Waals surface area contributed by atoms with Crippen LogP contribution < -0.4 is 4.74 Å². The molecule has 1 heterocycles. The number of para-hydroxylation sites is 1. The number of rotatable bonds is 3. The van der Waals surface area contributed by atoms with Crippen LogP contribution in [0.25, 0.3) is 0 Å². The highest BCUT2D eigenvalue weighted by Gasteiger charge is 2.60. The van der Waals surface area contributed by atoms with Gasteiger partial charge in [0.25, 0.3) is 0 Å². The molecule has 1 aromatic rings. The Morgan fingerprint density at radius 2 is 1.68 bits per heavy atom. The van der Waals surface area contributed by atoms with E-state index in [2.05, 4.69) is 4.90 Å². The molecule has 0 amide bonds. The van der Waals surface area contributed by atoms with E-state index in [0.29, 0.717) is 12.3 Å². The van der Waals surface area contributed by atoms with E-state index >= 15 is 0 Å². The van der Waals surface area contributed by atoms with E-state index in [9.17, 15) is 4.79 Å². The van der Waals surface area contributed by atoms with Crippen LogP contribution in [0.15, 0.2) is 18.2 Å². The van der Waals surface area contributed by atoms with E-state index in [4.69, 9.17) is 9.47 Å². The van der Waals surface area contributed by atoms with Crippen molar-refractivity contribution in [1.82, 2.24) is 4.90 Å². The van der Waals surface area contributed by atoms with E-state index in [1.165, 1.54) is 0 Å². The summed E-state index contributed by atoms with van der Waals surface area (Å²) < 4.78 is 11.9. The number of carbonyl (C=O) groups excluding carboxylic acids is 1. The Morgan fingerprint density at radius 1 is 1.14 bits per heavy atom. The molecule has 1 aromatic carbocycles. The number of hydrogen-bond acceptors (Lipinski definition) is 4. The van der Waals surface area contributed by atoms with Crippen molar-refractivity contribution in [2.75, 3.05) is 19.6 Å². The third-order valence-corrected chi connectivity index (χ3v) is 5.05. The van der Waals surface area contributed by atoms with Crippen LogP contribution in [-0.2, 0) is 9.53 Å². The van der Waals surface area contributed by atoms with Crippen molar-refractivity contribution in [3.05, 3.63) is 29.3 Å². The quantitative estimate of drug-likeness (QED) is 0.635. The van der Waals surface area contributed by atoms with Gasteiger partial charge in [-0.25, -0.2) is 0 Å². The van der Waals surface area contributed by atoms with Crippen LogP contribution in [0.1, 0.15) is 36.8 Å². The van der Waals surface area contributed by atoms with E-state index < -0.39 is 0 Å². The molecule has 0 N–H and O–H groups in total. The number of hydrogen-bond donors (Lipinski definition) is 0. The predicted molar refractivity (Wildman–Crippen MR) is 83.0 cm³/mol. The van der Waals surface area contributed by atoms with Crippen LogP contribution >= 0.6 is 0 Å². The molecule has 1 aliphatic heterocycles. The molecular weight excluding hydrogens is 278 g/mol. The molecule has 0 bridgehead atoms. The van der Waals surface area contributed by atoms with Gasteiger partial charge in [-0.2, -0.15) is 0 Å². The minimum absolute atomic E-state index is 0.0492. The minimum Gasteiger partial charge on any atom is -0.425 e. The predicted octanol–water partition coefficient (Wildman–Crippen LogP) is 2.61. The van der Waals surface area contributed by atoms with Crippen molar-refractivity contribution in [1.29, 1.82) is 0 Å². The van der Waals surface area contributed by atoms with Gasteiger partial charge in [0.2, 0.25) is 0 Å². The molecule has 0 unspecified atom stereocenters. The molecule has 0 atom stereocenters. The van der Waals surface area contributed by atoms with Crippen molar-refractivity contribution in [2.45, 2.75) is 50.7 Å². The van der Waals surface area contributed by atoms with Gasteiger partial charge in [-0.1, -0.05) is 18.2 Å². The lowest BCUT2D eigenvalue weighted by Crippen LogP contribution is -2.52. The third kappa shape index (κ3) is 2.66. The van der Waals surface area contributed by atoms with Gasteiger partial charge in [0.1, 0.15) is 5.75 Å². The topological polar surface area (TPSA) is 38.8 Å². The highest BCUT2D eigenvalue weighted by Crippen LogP contribution is 2.54. The monoisotopic (exact) mass is 301 g/mol. The first-order valence-electron chi connectivity index (χ1n) is 8.19. The standard InChI is InChI=1S/C18H23NO3/c1-13-4-3-5-14(2)16(13)21-15(20)10-19-11-17(6-7-17)22-18(12-19)8-9-18/h3-5H,6-12H2,1-2H3. The number of benzene rings is 1. The average molecular weight is 301 g/mol. The summed E-state index contributed by atoms with van der Waals surface area (Å²) in [6.07, 6.45) is 4.54. The zero-order valence-corrected chi connectivity index (χ0v) is 13.4. The molecule has 2 aliphatic carbocycles. The van der Waals surface area contributed by atoms with E-state index in [-0.39, 0.29) is 17.2 Å². The molecule has 0 aromatic heterocycles. The number of carbonyl (C=O) groups is 1. The van der Waals surface area contributed by atoms with Gasteiger partial charge >= 0.3 is 5.97 Å². The van der Waals surface area contributed by atoms with Crippen LogP contribution in [-0.4, -0.2) is 41.7 Å². The maximum Gasteiger partial charge on any atom is 0.325 e. The summed E-state index contributed by atoms with van der Waals surface area (Å²) >= 11 is 0. The van der Waals surface area contributed by atoms with E-state index in [0.717, 1.165) is 49.9 Å². The van der Waals surface area contributed by atoms with Crippen molar-refractivity contribution in [3.8, 4) is 5.75 Å².